The van der Waals surface area contributed by atoms with Gasteiger partial charge in [0.2, 0.25) is 6.79 Å². The quantitative estimate of drug-likeness (QED) is 0.697. The summed E-state index contributed by atoms with van der Waals surface area (Å²) in [5.41, 5.74) is 1.14. The third-order valence-electron chi connectivity index (χ3n) is 5.46. The van der Waals surface area contributed by atoms with E-state index in [1.165, 1.54) is 12.1 Å². The highest BCUT2D eigenvalue weighted by Crippen LogP contribution is 2.37. The summed E-state index contributed by atoms with van der Waals surface area (Å²) in [7, 11) is 0. The van der Waals surface area contributed by atoms with Gasteiger partial charge < -0.3 is 19.1 Å². The van der Waals surface area contributed by atoms with E-state index in [0.717, 1.165) is 43.1 Å². The molecule has 7 heteroatoms. The number of piperidine rings is 1. The van der Waals surface area contributed by atoms with Crippen LogP contribution in [0.15, 0.2) is 42.5 Å². The highest BCUT2D eigenvalue weighted by Gasteiger charge is 2.31. The largest absolute Gasteiger partial charge is 0.493 e. The molecule has 0 spiro atoms. The highest BCUT2D eigenvalue weighted by molar-refractivity contribution is 5.85. The van der Waals surface area contributed by atoms with Gasteiger partial charge in [-0.2, -0.15) is 5.26 Å². The molecule has 2 aliphatic rings. The number of rotatable bonds is 6. The minimum absolute atomic E-state index is 0. The highest BCUT2D eigenvalue weighted by atomic mass is 35.5. The fourth-order valence-electron chi connectivity index (χ4n) is 4.01. The van der Waals surface area contributed by atoms with Crippen molar-refractivity contribution in [3.8, 4) is 23.3 Å². The fraction of sp³-hybridized carbons (Fsp3) is 0.409. The maximum absolute atomic E-state index is 13.3. The molecule has 2 heterocycles. The number of fused-ring (bicyclic) bond motifs is 1. The molecule has 0 radical (unpaired) electrons. The predicted molar refractivity (Wildman–Crippen MR) is 109 cm³/mol. The number of halogens is 2. The van der Waals surface area contributed by atoms with Gasteiger partial charge in [-0.25, -0.2) is 4.39 Å². The molecular weight excluding hydrogens is 395 g/mol. The van der Waals surface area contributed by atoms with Gasteiger partial charge in [-0.3, -0.25) is 0 Å². The fourth-order valence-corrected chi connectivity index (χ4v) is 4.01. The molecule has 29 heavy (non-hydrogen) atoms. The molecule has 4 rings (SSSR count). The van der Waals surface area contributed by atoms with Crippen LogP contribution < -0.4 is 14.2 Å². The van der Waals surface area contributed by atoms with Crippen molar-refractivity contribution in [2.45, 2.75) is 18.8 Å². The van der Waals surface area contributed by atoms with Gasteiger partial charge in [0.25, 0.3) is 0 Å². The van der Waals surface area contributed by atoms with Crippen molar-refractivity contribution in [1.29, 1.82) is 5.26 Å². The molecule has 0 bridgehead atoms. The molecule has 0 aromatic heterocycles. The third-order valence-corrected chi connectivity index (χ3v) is 5.46. The predicted octanol–water partition coefficient (Wildman–Crippen LogP) is 4.37. The first-order chi connectivity index (χ1) is 13.7. The maximum atomic E-state index is 13.3. The van der Waals surface area contributed by atoms with Gasteiger partial charge >= 0.3 is 0 Å². The molecule has 1 fully saturated rings. The first-order valence-electron chi connectivity index (χ1n) is 9.60. The van der Waals surface area contributed by atoms with Crippen molar-refractivity contribution in [2.24, 2.45) is 5.92 Å². The molecule has 154 valence electrons. The second kappa shape index (κ2) is 9.82. The topological polar surface area (TPSA) is 54.7 Å². The summed E-state index contributed by atoms with van der Waals surface area (Å²) in [4.78, 5) is 2.32. The summed E-state index contributed by atoms with van der Waals surface area (Å²) in [5, 5.41) is 8.89. The van der Waals surface area contributed by atoms with Crippen molar-refractivity contribution in [3.63, 3.8) is 0 Å². The van der Waals surface area contributed by atoms with Crippen LogP contribution in [0.1, 0.15) is 24.3 Å². The molecule has 0 N–H and O–H groups in total. The lowest BCUT2D eigenvalue weighted by Crippen LogP contribution is -2.42. The van der Waals surface area contributed by atoms with Crippen LogP contribution in [0.3, 0.4) is 0 Å². The number of ether oxygens (including phenoxy) is 3. The van der Waals surface area contributed by atoms with Gasteiger partial charge in [0.1, 0.15) is 11.6 Å². The van der Waals surface area contributed by atoms with Crippen molar-refractivity contribution in [1.82, 2.24) is 4.90 Å². The Morgan fingerprint density at radius 2 is 1.93 bits per heavy atom. The molecule has 2 aromatic rings. The van der Waals surface area contributed by atoms with E-state index < -0.39 is 0 Å². The van der Waals surface area contributed by atoms with E-state index in [9.17, 15) is 4.39 Å². The molecule has 0 unspecified atom stereocenters. The Bertz CT molecular complexity index is 856. The van der Waals surface area contributed by atoms with Crippen LogP contribution in [0, 0.1) is 23.1 Å². The Morgan fingerprint density at radius 3 is 2.72 bits per heavy atom. The molecule has 2 aliphatic heterocycles. The van der Waals surface area contributed by atoms with Crippen LogP contribution in [0.4, 0.5) is 4.39 Å². The monoisotopic (exact) mass is 418 g/mol. The number of nitrogens with zero attached hydrogens (tertiary/aromatic N) is 2. The lowest BCUT2D eigenvalue weighted by molar-refractivity contribution is 0.112. The number of likely N-dealkylation sites (tertiary alicyclic amines) is 1. The molecule has 0 saturated carbocycles. The smallest absolute Gasteiger partial charge is 0.231 e. The van der Waals surface area contributed by atoms with Crippen LogP contribution in [0.2, 0.25) is 0 Å². The van der Waals surface area contributed by atoms with Crippen LogP contribution in [0.25, 0.3) is 0 Å². The van der Waals surface area contributed by atoms with Gasteiger partial charge in [-0.15, -0.1) is 12.4 Å². The summed E-state index contributed by atoms with van der Waals surface area (Å²) in [6.07, 6.45) is 1.49. The average molecular weight is 419 g/mol. The number of hydrogen-bond donors (Lipinski definition) is 0. The van der Waals surface area contributed by atoms with E-state index in [1.807, 2.05) is 30.3 Å². The molecule has 1 saturated heterocycles. The Hall–Kier alpha value is -2.49. The van der Waals surface area contributed by atoms with E-state index in [4.69, 9.17) is 19.5 Å². The minimum atomic E-state index is -0.219. The van der Waals surface area contributed by atoms with E-state index in [1.54, 1.807) is 0 Å². The Morgan fingerprint density at radius 1 is 1.14 bits per heavy atom. The van der Waals surface area contributed by atoms with E-state index in [-0.39, 0.29) is 30.9 Å². The maximum Gasteiger partial charge on any atom is 0.231 e. The SMILES string of the molecule is Cl.N#CCCN1CC[C@H](c2ccc(F)cc2)[C@@H](COc2ccc3c(c2)OCO3)C1. The van der Waals surface area contributed by atoms with E-state index in [0.29, 0.717) is 24.7 Å². The summed E-state index contributed by atoms with van der Waals surface area (Å²) in [6.45, 7) is 3.35. The van der Waals surface area contributed by atoms with Crippen LogP contribution in [0.5, 0.6) is 17.2 Å². The lowest BCUT2D eigenvalue weighted by Gasteiger charge is -2.38. The second-order valence-corrected chi connectivity index (χ2v) is 7.24. The molecule has 2 atom stereocenters. The summed E-state index contributed by atoms with van der Waals surface area (Å²) >= 11 is 0. The Labute approximate surface area is 176 Å². The first-order valence-corrected chi connectivity index (χ1v) is 9.60. The van der Waals surface area contributed by atoms with Crippen molar-refractivity contribution >= 4 is 12.4 Å². The third kappa shape index (κ3) is 5.11. The summed E-state index contributed by atoms with van der Waals surface area (Å²) in [6, 6.07) is 14.6. The lowest BCUT2D eigenvalue weighted by atomic mass is 9.81. The molecule has 0 amide bonds. The molecular formula is C22H24ClFN2O3. The zero-order chi connectivity index (χ0) is 19.3. The summed E-state index contributed by atoms with van der Waals surface area (Å²) in [5.74, 6) is 2.51. The van der Waals surface area contributed by atoms with Crippen molar-refractivity contribution in [3.05, 3.63) is 53.8 Å². The Kier molecular flexibility index (Phi) is 7.18. The van der Waals surface area contributed by atoms with Crippen molar-refractivity contribution < 1.29 is 18.6 Å². The number of hydrogen-bond acceptors (Lipinski definition) is 5. The normalized spacial score (nSPS) is 20.6. The van der Waals surface area contributed by atoms with Crippen molar-refractivity contribution in [2.75, 3.05) is 33.0 Å². The number of benzene rings is 2. The molecule has 0 aliphatic carbocycles. The van der Waals surface area contributed by atoms with E-state index >= 15 is 0 Å². The number of nitriles is 1. The standard InChI is InChI=1S/C22H23FN2O3.ClH/c23-18-4-2-16(3-5-18)20-8-11-25(10-1-9-24)13-17(20)14-26-19-6-7-21-22(12-19)28-15-27-21;/h2-7,12,17,20H,1,8,10-11,13-15H2;1H/t17-,20-;/m1./s1. The van der Waals surface area contributed by atoms with Crippen LogP contribution >= 0.6 is 12.4 Å². The molecule has 2 aromatic carbocycles. The Balaban J connectivity index is 0.00000240. The van der Waals surface area contributed by atoms with E-state index in [2.05, 4.69) is 11.0 Å². The zero-order valence-corrected chi connectivity index (χ0v) is 16.9. The van der Waals surface area contributed by atoms with Gasteiger partial charge in [0, 0.05) is 31.5 Å². The van der Waals surface area contributed by atoms with Crippen LogP contribution in [-0.2, 0) is 0 Å². The van der Waals surface area contributed by atoms with Gasteiger partial charge in [-0.05, 0) is 48.7 Å². The minimum Gasteiger partial charge on any atom is -0.493 e. The van der Waals surface area contributed by atoms with Gasteiger partial charge in [0.05, 0.1) is 12.7 Å². The molecule has 5 nitrogen and oxygen atoms in total. The first kappa shape index (κ1) is 21.2. The van der Waals surface area contributed by atoms with Crippen LogP contribution in [-0.4, -0.2) is 37.9 Å². The summed E-state index contributed by atoms with van der Waals surface area (Å²) < 4.78 is 30.2. The van der Waals surface area contributed by atoms with Gasteiger partial charge in [0.15, 0.2) is 11.5 Å². The zero-order valence-electron chi connectivity index (χ0n) is 16.1. The second-order valence-electron chi connectivity index (χ2n) is 7.24. The average Bonchev–Trinajstić information content (AvgIpc) is 3.19. The van der Waals surface area contributed by atoms with Gasteiger partial charge in [-0.1, -0.05) is 12.1 Å².